The highest BCUT2D eigenvalue weighted by Crippen LogP contribution is 2.35. The van der Waals surface area contributed by atoms with Gasteiger partial charge in [0.1, 0.15) is 11.9 Å². The van der Waals surface area contributed by atoms with E-state index in [0.717, 1.165) is 0 Å². The summed E-state index contributed by atoms with van der Waals surface area (Å²) in [5.41, 5.74) is 0. The van der Waals surface area contributed by atoms with Gasteiger partial charge in [-0.15, -0.1) is 0 Å². The first kappa shape index (κ1) is 17.2. The first-order chi connectivity index (χ1) is 11.3. The number of alkyl halides is 3. The SMILES string of the molecule is Cn1ccnc1[C@@H]1OCC[C@H]1C(=O)N1CCN(CC(F)(F)F)CC1. The van der Waals surface area contributed by atoms with E-state index in [1.165, 1.54) is 4.90 Å². The maximum atomic E-state index is 12.8. The molecule has 24 heavy (non-hydrogen) atoms. The lowest BCUT2D eigenvalue weighted by Crippen LogP contribution is -2.52. The van der Waals surface area contributed by atoms with Crippen LogP contribution in [0.4, 0.5) is 13.2 Å². The predicted molar refractivity (Wildman–Crippen MR) is 79.1 cm³/mol. The normalized spacial score (nSPS) is 26.1. The van der Waals surface area contributed by atoms with Crippen molar-refractivity contribution in [2.75, 3.05) is 39.3 Å². The van der Waals surface area contributed by atoms with Gasteiger partial charge in [-0.1, -0.05) is 0 Å². The summed E-state index contributed by atoms with van der Waals surface area (Å²) in [6, 6.07) is 0. The molecule has 6 nitrogen and oxygen atoms in total. The molecule has 3 rings (SSSR count). The number of piperazine rings is 1. The summed E-state index contributed by atoms with van der Waals surface area (Å²) in [7, 11) is 1.85. The fourth-order valence-corrected chi connectivity index (χ4v) is 3.36. The third-order valence-corrected chi connectivity index (χ3v) is 4.61. The number of carbonyl (C=O) groups excluding carboxylic acids is 1. The molecule has 2 saturated heterocycles. The fraction of sp³-hybridized carbons (Fsp3) is 0.733. The Hall–Kier alpha value is -1.61. The summed E-state index contributed by atoms with van der Waals surface area (Å²) in [6.07, 6.45) is -0.512. The summed E-state index contributed by atoms with van der Waals surface area (Å²) >= 11 is 0. The van der Waals surface area contributed by atoms with Crippen LogP contribution in [0.5, 0.6) is 0 Å². The van der Waals surface area contributed by atoms with Crippen LogP contribution in [-0.4, -0.2) is 70.8 Å². The van der Waals surface area contributed by atoms with Crippen LogP contribution >= 0.6 is 0 Å². The van der Waals surface area contributed by atoms with Crippen LogP contribution in [0.25, 0.3) is 0 Å². The van der Waals surface area contributed by atoms with Crippen LogP contribution < -0.4 is 0 Å². The Bertz CT molecular complexity index is 582. The van der Waals surface area contributed by atoms with Gasteiger partial charge in [0.15, 0.2) is 0 Å². The van der Waals surface area contributed by atoms with E-state index in [2.05, 4.69) is 4.98 Å². The van der Waals surface area contributed by atoms with Crippen molar-refractivity contribution in [3.63, 3.8) is 0 Å². The monoisotopic (exact) mass is 346 g/mol. The highest BCUT2D eigenvalue weighted by molar-refractivity contribution is 5.80. The number of rotatable bonds is 3. The molecule has 1 amide bonds. The Morgan fingerprint density at radius 2 is 2.04 bits per heavy atom. The zero-order valence-electron chi connectivity index (χ0n) is 13.5. The van der Waals surface area contributed by atoms with E-state index in [1.54, 1.807) is 17.3 Å². The van der Waals surface area contributed by atoms with Gasteiger partial charge in [0.05, 0.1) is 12.5 Å². The number of halogens is 3. The Balaban J connectivity index is 1.60. The maximum absolute atomic E-state index is 12.8. The number of imidazole rings is 1. The number of carbonyl (C=O) groups is 1. The summed E-state index contributed by atoms with van der Waals surface area (Å²) < 4.78 is 44.8. The van der Waals surface area contributed by atoms with Gasteiger partial charge in [0.25, 0.3) is 0 Å². The third-order valence-electron chi connectivity index (χ3n) is 4.61. The van der Waals surface area contributed by atoms with Crippen molar-refractivity contribution in [2.24, 2.45) is 13.0 Å². The molecule has 0 aliphatic carbocycles. The van der Waals surface area contributed by atoms with Gasteiger partial charge in [-0.2, -0.15) is 13.2 Å². The molecule has 0 N–H and O–H groups in total. The summed E-state index contributed by atoms with van der Waals surface area (Å²) in [5.74, 6) is 0.342. The van der Waals surface area contributed by atoms with Crippen molar-refractivity contribution < 1.29 is 22.7 Å². The van der Waals surface area contributed by atoms with Gasteiger partial charge < -0.3 is 14.2 Å². The predicted octanol–water partition coefficient (Wildman–Crippen LogP) is 1.20. The van der Waals surface area contributed by atoms with Gasteiger partial charge in [-0.3, -0.25) is 9.69 Å². The molecule has 2 aliphatic rings. The number of hydrogen-bond donors (Lipinski definition) is 0. The van der Waals surface area contributed by atoms with Crippen LogP contribution in [-0.2, 0) is 16.6 Å². The maximum Gasteiger partial charge on any atom is 0.401 e. The first-order valence-corrected chi connectivity index (χ1v) is 8.02. The van der Waals surface area contributed by atoms with Crippen molar-refractivity contribution in [3.8, 4) is 0 Å². The molecule has 1 aromatic rings. The van der Waals surface area contributed by atoms with Crippen LogP contribution in [0.15, 0.2) is 12.4 Å². The molecule has 2 atom stereocenters. The molecule has 0 unspecified atom stereocenters. The van der Waals surface area contributed by atoms with E-state index in [9.17, 15) is 18.0 Å². The zero-order valence-corrected chi connectivity index (χ0v) is 13.5. The van der Waals surface area contributed by atoms with E-state index in [1.807, 2.05) is 11.6 Å². The lowest BCUT2D eigenvalue weighted by Gasteiger charge is -2.36. The largest absolute Gasteiger partial charge is 0.401 e. The molecule has 134 valence electrons. The Kier molecular flexibility index (Phi) is 4.82. The van der Waals surface area contributed by atoms with Gasteiger partial charge in [-0.25, -0.2) is 4.98 Å². The Morgan fingerprint density at radius 3 is 2.62 bits per heavy atom. The average molecular weight is 346 g/mol. The molecule has 2 fully saturated rings. The van der Waals surface area contributed by atoms with Crippen molar-refractivity contribution in [2.45, 2.75) is 18.7 Å². The lowest BCUT2D eigenvalue weighted by molar-refractivity contribution is -0.153. The van der Waals surface area contributed by atoms with Gasteiger partial charge in [0, 0.05) is 52.2 Å². The summed E-state index contributed by atoms with van der Waals surface area (Å²) in [5, 5.41) is 0. The van der Waals surface area contributed by atoms with Crippen LogP contribution in [0, 0.1) is 5.92 Å². The lowest BCUT2D eigenvalue weighted by atomic mass is 9.98. The molecule has 9 heteroatoms. The highest BCUT2D eigenvalue weighted by Gasteiger charge is 2.40. The number of ether oxygens (including phenoxy) is 1. The first-order valence-electron chi connectivity index (χ1n) is 8.02. The molecular formula is C15H21F3N4O2. The van der Waals surface area contributed by atoms with Crippen LogP contribution in [0.3, 0.4) is 0 Å². The van der Waals surface area contributed by atoms with E-state index in [-0.39, 0.29) is 31.0 Å². The molecule has 0 bridgehead atoms. The zero-order chi connectivity index (χ0) is 17.3. The quantitative estimate of drug-likeness (QED) is 0.825. The van der Waals surface area contributed by atoms with Crippen molar-refractivity contribution in [1.82, 2.24) is 19.4 Å². The van der Waals surface area contributed by atoms with Gasteiger partial charge >= 0.3 is 6.18 Å². The fourth-order valence-electron chi connectivity index (χ4n) is 3.36. The number of amides is 1. The average Bonchev–Trinajstić information content (AvgIpc) is 3.14. The standard InChI is InChI=1S/C15H21F3N4O2/c1-20-4-3-19-13(20)12-11(2-9-24-12)14(23)22-7-5-21(6-8-22)10-15(16,17)18/h3-4,11-12H,2,5-10H2,1H3/t11-,12-/m1/s1. The van der Waals surface area contributed by atoms with Gasteiger partial charge in [0.2, 0.25) is 5.91 Å². The molecule has 0 spiro atoms. The number of hydrogen-bond acceptors (Lipinski definition) is 4. The number of nitrogens with zero attached hydrogens (tertiary/aromatic N) is 4. The smallest absolute Gasteiger partial charge is 0.369 e. The second-order valence-electron chi connectivity index (χ2n) is 6.30. The van der Waals surface area contributed by atoms with E-state index < -0.39 is 12.7 Å². The van der Waals surface area contributed by atoms with Gasteiger partial charge in [-0.05, 0) is 6.42 Å². The highest BCUT2D eigenvalue weighted by atomic mass is 19.4. The molecular weight excluding hydrogens is 325 g/mol. The molecule has 3 heterocycles. The second kappa shape index (κ2) is 6.72. The Morgan fingerprint density at radius 1 is 1.33 bits per heavy atom. The van der Waals surface area contributed by atoms with E-state index in [0.29, 0.717) is 31.9 Å². The van der Waals surface area contributed by atoms with E-state index in [4.69, 9.17) is 4.74 Å². The molecule has 2 aliphatic heterocycles. The van der Waals surface area contributed by atoms with Crippen molar-refractivity contribution in [1.29, 1.82) is 0 Å². The summed E-state index contributed by atoms with van der Waals surface area (Å²) in [6.45, 7) is 0.689. The second-order valence-corrected chi connectivity index (χ2v) is 6.30. The third kappa shape index (κ3) is 3.72. The molecule has 1 aromatic heterocycles. The Labute approximate surface area is 138 Å². The minimum absolute atomic E-state index is 0.0489. The van der Waals surface area contributed by atoms with Crippen LogP contribution in [0.2, 0.25) is 0 Å². The van der Waals surface area contributed by atoms with Crippen molar-refractivity contribution >= 4 is 5.91 Å². The van der Waals surface area contributed by atoms with Crippen LogP contribution in [0.1, 0.15) is 18.3 Å². The number of aromatic nitrogens is 2. The minimum Gasteiger partial charge on any atom is -0.369 e. The topological polar surface area (TPSA) is 50.6 Å². The number of aryl methyl sites for hydroxylation is 1. The van der Waals surface area contributed by atoms with E-state index >= 15 is 0 Å². The molecule has 0 aromatic carbocycles. The summed E-state index contributed by atoms with van der Waals surface area (Å²) in [4.78, 5) is 20.0. The molecule has 0 radical (unpaired) electrons. The molecule has 0 saturated carbocycles. The minimum atomic E-state index is -4.20. The van der Waals surface area contributed by atoms with Crippen molar-refractivity contribution in [3.05, 3.63) is 18.2 Å².